The summed E-state index contributed by atoms with van der Waals surface area (Å²) < 4.78 is 28.0. The highest BCUT2D eigenvalue weighted by atomic mass is 32.2. The molecule has 0 saturated carbocycles. The fourth-order valence-corrected chi connectivity index (χ4v) is 3.09. The van der Waals surface area contributed by atoms with Crippen LogP contribution in [0, 0.1) is 0 Å². The summed E-state index contributed by atoms with van der Waals surface area (Å²) >= 11 is 0. The lowest BCUT2D eigenvalue weighted by Gasteiger charge is -2.10. The molecule has 0 radical (unpaired) electrons. The number of nitrogens with one attached hydrogen (secondary N) is 1. The van der Waals surface area contributed by atoms with E-state index in [9.17, 15) is 13.2 Å². The molecule has 0 fully saturated rings. The maximum absolute atomic E-state index is 11.5. The molecule has 2 rings (SSSR count). The summed E-state index contributed by atoms with van der Waals surface area (Å²) in [7, 11) is -3.20. The van der Waals surface area contributed by atoms with Crippen LogP contribution in [-0.2, 0) is 21.2 Å². The zero-order chi connectivity index (χ0) is 13.9. The van der Waals surface area contributed by atoms with Crippen molar-refractivity contribution in [2.24, 2.45) is 0 Å². The predicted molar refractivity (Wildman–Crippen MR) is 71.1 cm³/mol. The van der Waals surface area contributed by atoms with Gasteiger partial charge in [0, 0.05) is 4.91 Å². The molecular weight excluding hydrogens is 266 g/mol. The number of sulfone groups is 1. The first-order valence-electron chi connectivity index (χ1n) is 5.86. The van der Waals surface area contributed by atoms with Gasteiger partial charge in [-0.25, -0.2) is 13.2 Å². The van der Waals surface area contributed by atoms with Gasteiger partial charge in [0.15, 0.2) is 9.84 Å². The normalized spacial score (nSPS) is 20.7. The molecule has 1 aromatic carbocycles. The van der Waals surface area contributed by atoms with Gasteiger partial charge in [-0.3, -0.25) is 0 Å². The van der Waals surface area contributed by atoms with Crippen LogP contribution < -0.4 is 5.32 Å². The molecule has 0 unspecified atom stereocenters. The van der Waals surface area contributed by atoms with Gasteiger partial charge in [-0.1, -0.05) is 30.3 Å². The zero-order valence-electron chi connectivity index (χ0n) is 10.5. The van der Waals surface area contributed by atoms with E-state index in [4.69, 9.17) is 4.74 Å². The standard InChI is InChI=1S/C13H15NO4S/c1-10-7-12(9-19(10,16)17)14-13(15)18-8-11-5-3-2-4-6-11/h2-7,12H,8-9H2,1H3,(H,14,15)/t12-/m1/s1. The summed E-state index contributed by atoms with van der Waals surface area (Å²) in [5.41, 5.74) is 0.878. The van der Waals surface area contributed by atoms with Crippen LogP contribution in [0.3, 0.4) is 0 Å². The highest BCUT2D eigenvalue weighted by Crippen LogP contribution is 2.17. The Morgan fingerprint density at radius 2 is 2.05 bits per heavy atom. The molecule has 0 saturated heterocycles. The quantitative estimate of drug-likeness (QED) is 0.913. The van der Waals surface area contributed by atoms with Gasteiger partial charge in [-0.05, 0) is 18.6 Å². The smallest absolute Gasteiger partial charge is 0.407 e. The molecule has 1 aliphatic rings. The second-order valence-corrected chi connectivity index (χ2v) is 6.58. The molecule has 1 aromatic rings. The fraction of sp³-hybridized carbons (Fsp3) is 0.308. The van der Waals surface area contributed by atoms with Gasteiger partial charge in [-0.15, -0.1) is 0 Å². The van der Waals surface area contributed by atoms with Gasteiger partial charge in [0.1, 0.15) is 6.61 Å². The second-order valence-electron chi connectivity index (χ2n) is 4.37. The Morgan fingerprint density at radius 1 is 1.37 bits per heavy atom. The lowest BCUT2D eigenvalue weighted by atomic mass is 10.2. The van der Waals surface area contributed by atoms with Crippen LogP contribution in [0.5, 0.6) is 0 Å². The number of allylic oxidation sites excluding steroid dienone is 1. The second kappa shape index (κ2) is 5.44. The number of carbonyl (C=O) groups excluding carboxylic acids is 1. The lowest BCUT2D eigenvalue weighted by molar-refractivity contribution is 0.138. The van der Waals surface area contributed by atoms with Crippen LogP contribution in [0.25, 0.3) is 0 Å². The molecule has 0 spiro atoms. The fourth-order valence-electron chi connectivity index (χ4n) is 1.80. The Labute approximate surface area is 112 Å². The number of amides is 1. The number of benzene rings is 1. The Hall–Kier alpha value is -1.82. The molecule has 0 aliphatic carbocycles. The van der Waals surface area contributed by atoms with Crippen LogP contribution >= 0.6 is 0 Å². The SMILES string of the molecule is CC1=C[C@@H](NC(=O)OCc2ccccc2)CS1(=O)=O. The van der Waals surface area contributed by atoms with Gasteiger partial charge >= 0.3 is 6.09 Å². The van der Waals surface area contributed by atoms with Crippen LogP contribution in [0.15, 0.2) is 41.3 Å². The maximum atomic E-state index is 11.5. The summed E-state index contributed by atoms with van der Waals surface area (Å²) in [6.07, 6.45) is 0.911. The predicted octanol–water partition coefficient (Wildman–Crippen LogP) is 1.61. The number of hydrogen-bond acceptors (Lipinski definition) is 4. The third-order valence-corrected chi connectivity index (χ3v) is 4.76. The van der Waals surface area contributed by atoms with Gasteiger partial charge < -0.3 is 10.1 Å². The van der Waals surface area contributed by atoms with Crippen molar-refractivity contribution in [1.29, 1.82) is 0 Å². The van der Waals surface area contributed by atoms with E-state index in [1.54, 1.807) is 0 Å². The van der Waals surface area contributed by atoms with E-state index in [2.05, 4.69) is 5.32 Å². The molecule has 1 N–H and O–H groups in total. The number of hydrogen-bond donors (Lipinski definition) is 1. The molecule has 6 heteroatoms. The van der Waals surface area contributed by atoms with Crippen molar-refractivity contribution >= 4 is 15.9 Å². The molecular formula is C13H15NO4S. The maximum Gasteiger partial charge on any atom is 0.407 e. The van der Waals surface area contributed by atoms with Crippen molar-refractivity contribution in [1.82, 2.24) is 5.32 Å². The molecule has 1 aliphatic heterocycles. The van der Waals surface area contributed by atoms with Crippen molar-refractivity contribution < 1.29 is 17.9 Å². The minimum atomic E-state index is -3.20. The monoisotopic (exact) mass is 281 g/mol. The molecule has 5 nitrogen and oxygen atoms in total. The average molecular weight is 281 g/mol. The van der Waals surface area contributed by atoms with Crippen LogP contribution in [0.1, 0.15) is 12.5 Å². The van der Waals surface area contributed by atoms with Gasteiger partial charge in [0.25, 0.3) is 0 Å². The van der Waals surface area contributed by atoms with Gasteiger partial charge in [0.2, 0.25) is 0 Å². The number of rotatable bonds is 3. The summed E-state index contributed by atoms with van der Waals surface area (Å²) in [5, 5.41) is 2.52. The third kappa shape index (κ3) is 3.57. The highest BCUT2D eigenvalue weighted by Gasteiger charge is 2.28. The molecule has 0 bridgehead atoms. The van der Waals surface area contributed by atoms with E-state index < -0.39 is 22.0 Å². The van der Waals surface area contributed by atoms with Gasteiger partial charge in [0.05, 0.1) is 11.8 Å². The number of alkyl carbamates (subject to hydrolysis) is 1. The summed E-state index contributed by atoms with van der Waals surface area (Å²) in [5.74, 6) is -0.0979. The minimum absolute atomic E-state index is 0.0979. The number of carbonyl (C=O) groups is 1. The van der Waals surface area contributed by atoms with Crippen LogP contribution in [0.2, 0.25) is 0 Å². The van der Waals surface area contributed by atoms with Crippen LogP contribution in [-0.4, -0.2) is 26.3 Å². The largest absolute Gasteiger partial charge is 0.445 e. The molecule has 0 aromatic heterocycles. The molecule has 1 atom stereocenters. The summed E-state index contributed by atoms with van der Waals surface area (Å²) in [4.78, 5) is 11.8. The van der Waals surface area contributed by atoms with E-state index in [1.807, 2.05) is 30.3 Å². The van der Waals surface area contributed by atoms with E-state index in [0.29, 0.717) is 4.91 Å². The van der Waals surface area contributed by atoms with E-state index in [-0.39, 0.29) is 12.4 Å². The Balaban J connectivity index is 1.83. The Morgan fingerprint density at radius 3 is 2.63 bits per heavy atom. The first kappa shape index (κ1) is 13.6. The molecule has 19 heavy (non-hydrogen) atoms. The average Bonchev–Trinajstić information content (AvgIpc) is 2.61. The summed E-state index contributed by atoms with van der Waals surface area (Å²) in [6.45, 7) is 1.68. The van der Waals surface area contributed by atoms with Crippen molar-refractivity contribution in [3.05, 3.63) is 46.9 Å². The molecule has 1 heterocycles. The minimum Gasteiger partial charge on any atom is -0.445 e. The first-order valence-corrected chi connectivity index (χ1v) is 7.51. The third-order valence-electron chi connectivity index (χ3n) is 2.84. The summed E-state index contributed by atoms with van der Waals surface area (Å²) in [6, 6.07) is 8.77. The lowest BCUT2D eigenvalue weighted by Crippen LogP contribution is -2.35. The Bertz CT molecular complexity index is 592. The Kier molecular flexibility index (Phi) is 3.90. The van der Waals surface area contributed by atoms with Crippen LogP contribution in [0.4, 0.5) is 4.79 Å². The zero-order valence-corrected chi connectivity index (χ0v) is 11.3. The van der Waals surface area contributed by atoms with Gasteiger partial charge in [-0.2, -0.15) is 0 Å². The highest BCUT2D eigenvalue weighted by molar-refractivity contribution is 7.95. The van der Waals surface area contributed by atoms with E-state index in [1.165, 1.54) is 13.0 Å². The van der Waals surface area contributed by atoms with E-state index >= 15 is 0 Å². The van der Waals surface area contributed by atoms with Crippen molar-refractivity contribution in [3.8, 4) is 0 Å². The van der Waals surface area contributed by atoms with Crippen molar-refractivity contribution in [2.75, 3.05) is 5.75 Å². The van der Waals surface area contributed by atoms with E-state index in [0.717, 1.165) is 5.56 Å². The molecule has 1 amide bonds. The molecule has 102 valence electrons. The number of ether oxygens (including phenoxy) is 1. The van der Waals surface area contributed by atoms with Crippen molar-refractivity contribution in [2.45, 2.75) is 19.6 Å². The first-order chi connectivity index (χ1) is 8.97. The topological polar surface area (TPSA) is 72.5 Å². The van der Waals surface area contributed by atoms with Crippen molar-refractivity contribution in [3.63, 3.8) is 0 Å².